The fraction of sp³-hybridized carbons (Fsp3) is 0.0833. The van der Waals surface area contributed by atoms with Crippen molar-refractivity contribution < 1.29 is 0 Å². The number of hydrogen-bond donors (Lipinski definition) is 1. The second-order valence-electron chi connectivity index (χ2n) is 13.9. The van der Waals surface area contributed by atoms with Crippen molar-refractivity contribution in [2.75, 3.05) is 0 Å². The summed E-state index contributed by atoms with van der Waals surface area (Å²) in [4.78, 5) is 9.62. The van der Waals surface area contributed by atoms with E-state index in [-0.39, 0.29) is 11.6 Å². The molecule has 0 spiro atoms. The third-order valence-corrected chi connectivity index (χ3v) is 10.5. The van der Waals surface area contributed by atoms with Gasteiger partial charge in [-0.25, -0.2) is 0 Å². The Labute approximate surface area is 299 Å². The van der Waals surface area contributed by atoms with Crippen LogP contribution in [-0.4, -0.2) is 10.7 Å². The van der Waals surface area contributed by atoms with Gasteiger partial charge in [0.2, 0.25) is 0 Å². The summed E-state index contributed by atoms with van der Waals surface area (Å²) in [6, 6.07) is 56.6. The molecule has 2 aliphatic rings. The second-order valence-corrected chi connectivity index (χ2v) is 13.9. The van der Waals surface area contributed by atoms with Gasteiger partial charge in [0.1, 0.15) is 6.17 Å². The molecule has 7 aromatic rings. The van der Waals surface area contributed by atoms with Crippen molar-refractivity contribution in [1.82, 2.24) is 10.3 Å². The molecule has 1 aliphatic carbocycles. The predicted molar refractivity (Wildman–Crippen MR) is 211 cm³/mol. The predicted octanol–water partition coefficient (Wildman–Crippen LogP) is 11.5. The van der Waals surface area contributed by atoms with Crippen molar-refractivity contribution >= 4 is 11.4 Å². The lowest BCUT2D eigenvalue weighted by atomic mass is 9.81. The number of aliphatic imine (C=N–C) groups is 1. The molecule has 3 nitrogen and oxygen atoms in total. The standard InChI is InChI=1S/C48H37N3/c1-48(2)43-13-7-6-12-41(43)42-27-26-39(29-44(42)48)46-30-45(50-47(51-46)38-24-20-33(21-25-38)32-9-4-3-5-10-32)37-22-18-35(19-23-37)34-14-16-36(17-15-34)40-11-8-28-49-31-40/h3-31,47,50H,1-2H3. The van der Waals surface area contributed by atoms with Gasteiger partial charge in [0.05, 0.1) is 5.71 Å². The summed E-state index contributed by atoms with van der Waals surface area (Å²) in [5.74, 6) is 0. The van der Waals surface area contributed by atoms with Gasteiger partial charge in [0.15, 0.2) is 0 Å². The van der Waals surface area contributed by atoms with Crippen LogP contribution in [0.5, 0.6) is 0 Å². The molecule has 2 heterocycles. The van der Waals surface area contributed by atoms with E-state index >= 15 is 0 Å². The van der Waals surface area contributed by atoms with Crippen LogP contribution in [0.25, 0.3) is 50.2 Å². The summed E-state index contributed by atoms with van der Waals surface area (Å²) >= 11 is 0. The van der Waals surface area contributed by atoms with E-state index in [0.29, 0.717) is 0 Å². The maximum atomic E-state index is 5.35. The average molecular weight is 656 g/mol. The number of rotatable bonds is 6. The zero-order valence-electron chi connectivity index (χ0n) is 28.7. The van der Waals surface area contributed by atoms with Crippen molar-refractivity contribution in [3.8, 4) is 44.5 Å². The quantitative estimate of drug-likeness (QED) is 0.194. The normalized spacial score (nSPS) is 15.6. The van der Waals surface area contributed by atoms with Crippen LogP contribution in [-0.2, 0) is 5.41 Å². The van der Waals surface area contributed by atoms with Gasteiger partial charge in [-0.15, -0.1) is 0 Å². The number of nitrogens with zero attached hydrogens (tertiary/aromatic N) is 2. The topological polar surface area (TPSA) is 37.3 Å². The van der Waals surface area contributed by atoms with Crippen molar-refractivity contribution in [2.45, 2.75) is 25.4 Å². The fourth-order valence-corrected chi connectivity index (χ4v) is 7.60. The maximum Gasteiger partial charge on any atom is 0.145 e. The van der Waals surface area contributed by atoms with E-state index in [9.17, 15) is 0 Å². The van der Waals surface area contributed by atoms with Crippen LogP contribution in [0.1, 0.15) is 47.8 Å². The molecule has 1 unspecified atom stereocenters. The molecule has 51 heavy (non-hydrogen) atoms. The second kappa shape index (κ2) is 12.5. The Bertz CT molecular complexity index is 2420. The van der Waals surface area contributed by atoms with Crippen LogP contribution in [0.15, 0.2) is 181 Å². The molecular formula is C48H37N3. The largest absolute Gasteiger partial charge is 0.360 e. The van der Waals surface area contributed by atoms with Gasteiger partial charge in [0, 0.05) is 29.1 Å². The summed E-state index contributed by atoms with van der Waals surface area (Å²) in [6.07, 6.45) is 5.69. The molecule has 1 atom stereocenters. The van der Waals surface area contributed by atoms with Gasteiger partial charge >= 0.3 is 0 Å². The average Bonchev–Trinajstić information content (AvgIpc) is 3.44. The summed E-state index contributed by atoms with van der Waals surface area (Å²) in [5.41, 5.74) is 17.7. The number of pyridine rings is 1. The molecule has 0 radical (unpaired) electrons. The highest BCUT2D eigenvalue weighted by Gasteiger charge is 2.35. The minimum atomic E-state index is -0.233. The molecule has 1 N–H and O–H groups in total. The Kier molecular flexibility index (Phi) is 7.55. The Balaban J connectivity index is 1.07. The highest BCUT2D eigenvalue weighted by Crippen LogP contribution is 2.49. The molecule has 0 saturated carbocycles. The molecule has 6 aromatic carbocycles. The first-order valence-corrected chi connectivity index (χ1v) is 17.6. The van der Waals surface area contributed by atoms with Crippen LogP contribution in [0.2, 0.25) is 0 Å². The number of aromatic nitrogens is 1. The monoisotopic (exact) mass is 655 g/mol. The van der Waals surface area contributed by atoms with Crippen LogP contribution < -0.4 is 5.32 Å². The lowest BCUT2D eigenvalue weighted by Gasteiger charge is -2.26. The molecular weight excluding hydrogens is 619 g/mol. The van der Waals surface area contributed by atoms with Gasteiger partial charge < -0.3 is 5.32 Å². The molecule has 3 heteroatoms. The number of benzene rings is 6. The van der Waals surface area contributed by atoms with Gasteiger partial charge in [-0.3, -0.25) is 9.98 Å². The van der Waals surface area contributed by atoms with Crippen LogP contribution in [0.3, 0.4) is 0 Å². The highest BCUT2D eigenvalue weighted by atomic mass is 15.1. The molecule has 0 saturated heterocycles. The first-order chi connectivity index (χ1) is 25.0. The highest BCUT2D eigenvalue weighted by molar-refractivity contribution is 6.13. The Morgan fingerprint density at radius 3 is 1.73 bits per heavy atom. The summed E-state index contributed by atoms with van der Waals surface area (Å²) < 4.78 is 0. The molecule has 0 fully saturated rings. The molecule has 244 valence electrons. The molecule has 9 rings (SSSR count). The van der Waals surface area contributed by atoms with Gasteiger partial charge in [0.25, 0.3) is 0 Å². The molecule has 0 amide bonds. The van der Waals surface area contributed by atoms with E-state index in [0.717, 1.165) is 39.2 Å². The Morgan fingerprint density at radius 2 is 1.04 bits per heavy atom. The van der Waals surface area contributed by atoms with Gasteiger partial charge in [-0.05, 0) is 85.0 Å². The Morgan fingerprint density at radius 1 is 0.490 bits per heavy atom. The number of nitrogens with one attached hydrogen (secondary N) is 1. The zero-order chi connectivity index (χ0) is 34.4. The minimum absolute atomic E-state index is 0.0827. The van der Waals surface area contributed by atoms with E-state index in [1.807, 2.05) is 12.3 Å². The molecule has 1 aliphatic heterocycles. The first kappa shape index (κ1) is 30.7. The first-order valence-electron chi connectivity index (χ1n) is 17.6. The third-order valence-electron chi connectivity index (χ3n) is 10.5. The smallest absolute Gasteiger partial charge is 0.145 e. The minimum Gasteiger partial charge on any atom is -0.360 e. The van der Waals surface area contributed by atoms with Crippen molar-refractivity contribution in [3.05, 3.63) is 204 Å². The van der Waals surface area contributed by atoms with Crippen LogP contribution >= 0.6 is 0 Å². The number of hydrogen-bond acceptors (Lipinski definition) is 3. The van der Waals surface area contributed by atoms with E-state index in [1.165, 1.54) is 44.5 Å². The van der Waals surface area contributed by atoms with Gasteiger partial charge in [-0.2, -0.15) is 0 Å². The summed E-state index contributed by atoms with van der Waals surface area (Å²) in [5, 5.41) is 3.78. The summed E-state index contributed by atoms with van der Waals surface area (Å²) in [6.45, 7) is 4.66. The lowest BCUT2D eigenvalue weighted by Crippen LogP contribution is -2.25. The van der Waals surface area contributed by atoms with Gasteiger partial charge in [-0.1, -0.05) is 159 Å². The molecule has 0 bridgehead atoms. The third kappa shape index (κ3) is 5.67. The zero-order valence-corrected chi connectivity index (χ0v) is 28.7. The summed E-state index contributed by atoms with van der Waals surface area (Å²) in [7, 11) is 0. The number of allylic oxidation sites excluding steroid dienone is 1. The van der Waals surface area contributed by atoms with E-state index in [4.69, 9.17) is 4.99 Å². The van der Waals surface area contributed by atoms with Crippen molar-refractivity contribution in [1.29, 1.82) is 0 Å². The van der Waals surface area contributed by atoms with E-state index in [2.05, 4.69) is 182 Å². The van der Waals surface area contributed by atoms with Crippen molar-refractivity contribution in [3.63, 3.8) is 0 Å². The lowest BCUT2D eigenvalue weighted by molar-refractivity contribution is 0.659. The van der Waals surface area contributed by atoms with E-state index in [1.54, 1.807) is 6.20 Å². The Hall–Kier alpha value is -6.32. The van der Waals surface area contributed by atoms with Crippen molar-refractivity contribution in [2.24, 2.45) is 4.99 Å². The SMILES string of the molecule is CC1(C)c2ccccc2-c2ccc(C3=NC(c4ccc(-c5ccccc5)cc4)NC(c4ccc(-c5ccc(-c6cccnc6)cc5)cc4)=C3)cc21. The molecule has 1 aromatic heterocycles. The van der Waals surface area contributed by atoms with E-state index < -0.39 is 0 Å². The van der Waals surface area contributed by atoms with Crippen LogP contribution in [0.4, 0.5) is 0 Å². The number of fused-ring (bicyclic) bond motifs is 3. The fourth-order valence-electron chi connectivity index (χ4n) is 7.60. The van der Waals surface area contributed by atoms with Crippen LogP contribution in [0, 0.1) is 0 Å². The maximum absolute atomic E-state index is 5.35.